The zero-order valence-corrected chi connectivity index (χ0v) is 24.1. The van der Waals surface area contributed by atoms with Gasteiger partial charge in [-0.1, -0.05) is 77.8 Å². The molecule has 3 heterocycles. The molecule has 0 saturated carbocycles. The van der Waals surface area contributed by atoms with Gasteiger partial charge in [0.25, 0.3) is 0 Å². The molecule has 5 aromatic rings. The molecule has 1 N–H and O–H groups in total. The van der Waals surface area contributed by atoms with Gasteiger partial charge in [0.1, 0.15) is 11.6 Å². The van der Waals surface area contributed by atoms with Gasteiger partial charge in [-0.2, -0.15) is 5.10 Å². The lowest BCUT2D eigenvalue weighted by molar-refractivity contribution is 0.215. The molecule has 1 aliphatic heterocycles. The molecule has 0 atom stereocenters. The van der Waals surface area contributed by atoms with Gasteiger partial charge in [0.15, 0.2) is 5.65 Å². The summed E-state index contributed by atoms with van der Waals surface area (Å²) in [5.74, 6) is 1.57. The van der Waals surface area contributed by atoms with Crippen LogP contribution in [0.1, 0.15) is 23.5 Å². The predicted molar refractivity (Wildman–Crippen MR) is 165 cm³/mol. The van der Waals surface area contributed by atoms with Crippen molar-refractivity contribution in [3.8, 4) is 5.69 Å². The van der Waals surface area contributed by atoms with Gasteiger partial charge in [0.05, 0.1) is 32.5 Å². The van der Waals surface area contributed by atoms with E-state index in [1.807, 2.05) is 60.1 Å². The first-order valence-corrected chi connectivity index (χ1v) is 14.3. The molecule has 0 bridgehead atoms. The predicted octanol–water partition coefficient (Wildman–Crippen LogP) is 6.77. The van der Waals surface area contributed by atoms with Crippen molar-refractivity contribution < 1.29 is 4.79 Å². The van der Waals surface area contributed by atoms with Crippen molar-refractivity contribution in [1.29, 1.82) is 0 Å². The zero-order valence-electron chi connectivity index (χ0n) is 22.6. The molecule has 0 radical (unpaired) electrons. The van der Waals surface area contributed by atoms with Crippen molar-refractivity contribution >= 4 is 51.8 Å². The van der Waals surface area contributed by atoms with Gasteiger partial charge in [-0.3, -0.25) is 0 Å². The molecule has 41 heavy (non-hydrogen) atoms. The highest BCUT2D eigenvalue weighted by Gasteiger charge is 2.25. The molecule has 208 valence electrons. The third-order valence-electron chi connectivity index (χ3n) is 7.21. The Hall–Kier alpha value is -4.14. The monoisotopic (exact) mass is 585 g/mol. The largest absolute Gasteiger partial charge is 0.354 e. The Morgan fingerprint density at radius 1 is 0.878 bits per heavy atom. The number of aromatic nitrogens is 4. The summed E-state index contributed by atoms with van der Waals surface area (Å²) in [4.78, 5) is 27.3. The average Bonchev–Trinajstić information content (AvgIpc) is 3.15. The van der Waals surface area contributed by atoms with E-state index >= 15 is 0 Å². The molecule has 0 unspecified atom stereocenters. The van der Waals surface area contributed by atoms with E-state index in [0.29, 0.717) is 41.8 Å². The lowest BCUT2D eigenvalue weighted by Gasteiger charge is -2.24. The van der Waals surface area contributed by atoms with Gasteiger partial charge < -0.3 is 15.1 Å². The fourth-order valence-electron chi connectivity index (χ4n) is 5.17. The van der Waals surface area contributed by atoms with E-state index in [0.717, 1.165) is 52.6 Å². The zero-order chi connectivity index (χ0) is 28.3. The van der Waals surface area contributed by atoms with Crippen LogP contribution in [0.15, 0.2) is 78.9 Å². The third kappa shape index (κ3) is 5.71. The third-order valence-corrected chi connectivity index (χ3v) is 8.03. The van der Waals surface area contributed by atoms with E-state index in [1.165, 1.54) is 0 Å². The van der Waals surface area contributed by atoms with Crippen LogP contribution in [0.2, 0.25) is 10.0 Å². The lowest BCUT2D eigenvalue weighted by Crippen LogP contribution is -2.38. The summed E-state index contributed by atoms with van der Waals surface area (Å²) in [6.45, 7) is 4.49. The molecule has 1 aliphatic rings. The van der Waals surface area contributed by atoms with E-state index < -0.39 is 0 Å². The van der Waals surface area contributed by atoms with E-state index in [9.17, 15) is 4.79 Å². The van der Waals surface area contributed by atoms with Gasteiger partial charge >= 0.3 is 6.03 Å². The molecule has 6 rings (SSSR count). The second-order valence-corrected chi connectivity index (χ2v) is 10.8. The first kappa shape index (κ1) is 27.1. The van der Waals surface area contributed by atoms with E-state index in [4.69, 9.17) is 38.3 Å². The van der Waals surface area contributed by atoms with Crippen LogP contribution >= 0.6 is 23.2 Å². The normalized spacial score (nSPS) is 13.8. The Morgan fingerprint density at radius 2 is 1.63 bits per heavy atom. The second-order valence-electron chi connectivity index (χ2n) is 10.0. The van der Waals surface area contributed by atoms with E-state index in [2.05, 4.69) is 22.3 Å². The number of carbonyl (C=O) groups is 1. The van der Waals surface area contributed by atoms with Gasteiger partial charge in [-0.25, -0.2) is 19.4 Å². The molecule has 8 nitrogen and oxygen atoms in total. The second kappa shape index (κ2) is 11.8. The number of hydrogen-bond donors (Lipinski definition) is 1. The van der Waals surface area contributed by atoms with Crippen LogP contribution in [0.5, 0.6) is 0 Å². The van der Waals surface area contributed by atoms with Crippen molar-refractivity contribution in [1.82, 2.24) is 24.6 Å². The van der Waals surface area contributed by atoms with Crippen LogP contribution in [0, 0.1) is 6.92 Å². The maximum atomic E-state index is 13.2. The SMILES string of the molecule is Cc1nn(-c2ccccc2)c2nc(Cc3ccccc3)nc(N3CCCN(C(=O)Nc4cccc(Cl)c4Cl)CC3)c12. The Bertz CT molecular complexity index is 1690. The number of anilines is 2. The topological polar surface area (TPSA) is 79.2 Å². The number of urea groups is 1. The first-order chi connectivity index (χ1) is 20.0. The highest BCUT2D eigenvalue weighted by molar-refractivity contribution is 6.43. The van der Waals surface area contributed by atoms with Crippen LogP contribution < -0.4 is 10.2 Å². The number of halogens is 2. The van der Waals surface area contributed by atoms with E-state index in [-0.39, 0.29) is 6.03 Å². The molecule has 0 spiro atoms. The molecular formula is C31H29Cl2N7O. The number of amides is 2. The van der Waals surface area contributed by atoms with Crippen LogP contribution in [0.3, 0.4) is 0 Å². The Balaban J connectivity index is 1.32. The summed E-state index contributed by atoms with van der Waals surface area (Å²) in [5, 5.41) is 9.45. The fourth-order valence-corrected chi connectivity index (χ4v) is 5.52. The minimum atomic E-state index is -0.207. The Morgan fingerprint density at radius 3 is 2.41 bits per heavy atom. The maximum Gasteiger partial charge on any atom is 0.321 e. The summed E-state index contributed by atoms with van der Waals surface area (Å²) in [6.07, 6.45) is 1.38. The van der Waals surface area contributed by atoms with Gasteiger partial charge in [0.2, 0.25) is 0 Å². The number of benzene rings is 3. The molecule has 1 fully saturated rings. The smallest absolute Gasteiger partial charge is 0.321 e. The number of carbonyl (C=O) groups excluding carboxylic acids is 1. The first-order valence-electron chi connectivity index (χ1n) is 13.6. The molecule has 2 aromatic heterocycles. The minimum Gasteiger partial charge on any atom is -0.354 e. The highest BCUT2D eigenvalue weighted by atomic mass is 35.5. The average molecular weight is 587 g/mol. The summed E-state index contributed by atoms with van der Waals surface area (Å²) < 4.78 is 1.90. The Kier molecular flexibility index (Phi) is 7.76. The van der Waals surface area contributed by atoms with Crippen molar-refractivity contribution in [2.24, 2.45) is 0 Å². The Labute approximate surface area is 248 Å². The van der Waals surface area contributed by atoms with Crippen molar-refractivity contribution in [3.63, 3.8) is 0 Å². The van der Waals surface area contributed by atoms with Gasteiger partial charge in [-0.05, 0) is 43.2 Å². The van der Waals surface area contributed by atoms with E-state index in [1.54, 1.807) is 23.1 Å². The number of nitrogens with one attached hydrogen (secondary N) is 1. The number of rotatable bonds is 5. The molecular weight excluding hydrogens is 557 g/mol. The van der Waals surface area contributed by atoms with Crippen molar-refractivity contribution in [3.05, 3.63) is 106 Å². The standard InChI is InChI=1S/C31H29Cl2N7O/c1-21-27-29(38-16-9-17-39(19-18-38)31(41)34-25-15-8-14-24(32)28(25)33)35-26(20-22-10-4-2-5-11-22)36-30(27)40(37-21)23-12-6-3-7-13-23/h2-8,10-15H,9,16-20H2,1H3,(H,34,41). The van der Waals surface area contributed by atoms with Crippen LogP contribution in [0.25, 0.3) is 16.7 Å². The number of nitrogens with zero attached hydrogens (tertiary/aromatic N) is 6. The fraction of sp³-hybridized carbons (Fsp3) is 0.226. The van der Waals surface area contributed by atoms with Crippen LogP contribution in [-0.4, -0.2) is 56.9 Å². The number of aryl methyl sites for hydroxylation is 1. The summed E-state index contributed by atoms with van der Waals surface area (Å²) >= 11 is 12.4. The highest BCUT2D eigenvalue weighted by Crippen LogP contribution is 2.31. The van der Waals surface area contributed by atoms with Crippen LogP contribution in [0.4, 0.5) is 16.3 Å². The van der Waals surface area contributed by atoms with Crippen molar-refractivity contribution in [2.75, 3.05) is 36.4 Å². The van der Waals surface area contributed by atoms with Gasteiger partial charge in [0, 0.05) is 32.6 Å². The summed E-state index contributed by atoms with van der Waals surface area (Å²) in [6, 6.07) is 25.3. The summed E-state index contributed by atoms with van der Waals surface area (Å²) in [7, 11) is 0. The number of para-hydroxylation sites is 1. The molecule has 1 saturated heterocycles. The molecule has 2 amide bonds. The molecule has 10 heteroatoms. The summed E-state index contributed by atoms with van der Waals surface area (Å²) in [5.41, 5.74) is 4.22. The molecule has 3 aromatic carbocycles. The molecule has 0 aliphatic carbocycles. The lowest BCUT2D eigenvalue weighted by atomic mass is 10.1. The number of hydrogen-bond acceptors (Lipinski definition) is 5. The van der Waals surface area contributed by atoms with Crippen molar-refractivity contribution in [2.45, 2.75) is 19.8 Å². The maximum absolute atomic E-state index is 13.2. The number of fused-ring (bicyclic) bond motifs is 1. The minimum absolute atomic E-state index is 0.207. The quantitative estimate of drug-likeness (QED) is 0.246. The van der Waals surface area contributed by atoms with Gasteiger partial charge in [-0.15, -0.1) is 0 Å². The van der Waals surface area contributed by atoms with Crippen LogP contribution in [-0.2, 0) is 6.42 Å².